The summed E-state index contributed by atoms with van der Waals surface area (Å²) >= 11 is 0. The Bertz CT molecular complexity index is 812. The number of H-pyrrole nitrogens is 1. The molecule has 0 saturated carbocycles. The van der Waals surface area contributed by atoms with Crippen LogP contribution in [0.3, 0.4) is 0 Å². The number of oxazole rings is 1. The second-order valence-electron chi connectivity index (χ2n) is 6.39. The first-order valence-corrected chi connectivity index (χ1v) is 8.37. The monoisotopic (exact) mass is 339 g/mol. The maximum atomic E-state index is 5.97. The number of likely N-dealkylation sites (tertiary alicyclic amines) is 1. The van der Waals surface area contributed by atoms with Gasteiger partial charge in [0.2, 0.25) is 5.89 Å². The molecule has 1 N–H and O–H groups in total. The van der Waals surface area contributed by atoms with E-state index >= 15 is 0 Å². The zero-order valence-electron chi connectivity index (χ0n) is 14.3. The largest absolute Gasteiger partial charge is 0.439 e. The van der Waals surface area contributed by atoms with Crippen LogP contribution in [-0.4, -0.2) is 44.8 Å². The fourth-order valence-electron chi connectivity index (χ4n) is 3.28. The molecule has 0 unspecified atom stereocenters. The predicted molar refractivity (Wildman–Crippen MR) is 91.6 cm³/mol. The Morgan fingerprint density at radius 3 is 2.84 bits per heavy atom. The minimum Gasteiger partial charge on any atom is -0.439 e. The van der Waals surface area contributed by atoms with Crippen LogP contribution in [0, 0.1) is 6.92 Å². The van der Waals surface area contributed by atoms with E-state index in [2.05, 4.69) is 44.1 Å². The van der Waals surface area contributed by atoms with E-state index in [1.165, 1.54) is 11.9 Å². The van der Waals surface area contributed by atoms with Crippen molar-refractivity contribution in [3.63, 3.8) is 0 Å². The third-order valence-electron chi connectivity index (χ3n) is 4.68. The van der Waals surface area contributed by atoms with Crippen molar-refractivity contribution < 1.29 is 9.15 Å². The Morgan fingerprint density at radius 1 is 1.28 bits per heavy atom. The highest BCUT2D eigenvalue weighted by Crippen LogP contribution is 2.33. The van der Waals surface area contributed by atoms with Crippen molar-refractivity contribution in [3.8, 4) is 11.3 Å². The minimum absolute atomic E-state index is 0.127. The second kappa shape index (κ2) is 6.78. The molecule has 0 spiro atoms. The van der Waals surface area contributed by atoms with E-state index in [1.807, 2.05) is 12.1 Å². The maximum absolute atomic E-state index is 5.97. The number of benzene rings is 1. The van der Waals surface area contributed by atoms with Gasteiger partial charge in [0.05, 0.1) is 24.9 Å². The van der Waals surface area contributed by atoms with E-state index in [9.17, 15) is 0 Å². The van der Waals surface area contributed by atoms with Crippen LogP contribution in [0.25, 0.3) is 11.3 Å². The van der Waals surface area contributed by atoms with Crippen molar-refractivity contribution in [2.75, 3.05) is 13.7 Å². The van der Waals surface area contributed by atoms with Crippen LogP contribution in [0.5, 0.6) is 0 Å². The van der Waals surface area contributed by atoms with Gasteiger partial charge in [-0.05, 0) is 13.3 Å². The fraction of sp³-hybridized carbons (Fsp3) is 0.389. The van der Waals surface area contributed by atoms with Crippen molar-refractivity contribution in [1.29, 1.82) is 0 Å². The number of aromatic nitrogens is 4. The predicted octanol–water partition coefficient (Wildman–Crippen LogP) is 2.73. The Balaban J connectivity index is 1.52. The van der Waals surface area contributed by atoms with Gasteiger partial charge in [-0.1, -0.05) is 29.8 Å². The lowest BCUT2D eigenvalue weighted by Crippen LogP contribution is -2.25. The summed E-state index contributed by atoms with van der Waals surface area (Å²) in [5.41, 5.74) is 2.26. The third-order valence-corrected chi connectivity index (χ3v) is 4.68. The first-order valence-electron chi connectivity index (χ1n) is 8.37. The Hall–Kier alpha value is -2.51. The number of nitrogens with zero attached hydrogens (tertiary/aromatic N) is 4. The summed E-state index contributed by atoms with van der Waals surface area (Å²) < 4.78 is 11.5. The molecular weight excluding hydrogens is 318 g/mol. The molecule has 25 heavy (non-hydrogen) atoms. The van der Waals surface area contributed by atoms with Crippen molar-refractivity contribution in [2.45, 2.75) is 32.0 Å². The number of rotatable bonds is 5. The number of hydrogen-bond donors (Lipinski definition) is 1. The van der Waals surface area contributed by atoms with Crippen LogP contribution in [0.2, 0.25) is 0 Å². The van der Waals surface area contributed by atoms with Crippen molar-refractivity contribution >= 4 is 0 Å². The Morgan fingerprint density at radius 2 is 2.12 bits per heavy atom. The molecule has 7 nitrogen and oxygen atoms in total. The summed E-state index contributed by atoms with van der Waals surface area (Å²) in [6.45, 7) is 3.49. The van der Waals surface area contributed by atoms with Gasteiger partial charge in [0.25, 0.3) is 0 Å². The number of ether oxygens (including phenoxy) is 1. The van der Waals surface area contributed by atoms with Crippen molar-refractivity contribution in [1.82, 2.24) is 25.1 Å². The lowest BCUT2D eigenvalue weighted by atomic mass is 10.1. The molecule has 0 bridgehead atoms. The summed E-state index contributed by atoms with van der Waals surface area (Å²) in [6.07, 6.45) is 4.36. The molecular formula is C18H21N5O2. The topological polar surface area (TPSA) is 80.1 Å². The molecule has 0 amide bonds. The van der Waals surface area contributed by atoms with Gasteiger partial charge in [0.1, 0.15) is 12.2 Å². The SMILES string of the molecule is CO[C@@H]1C[C@@H](c2ncn[nH]2)N(Cc2ncc(-c3ccc(C)cc3)o2)C1. The van der Waals surface area contributed by atoms with Gasteiger partial charge in [-0.25, -0.2) is 9.97 Å². The smallest absolute Gasteiger partial charge is 0.209 e. The maximum Gasteiger partial charge on any atom is 0.209 e. The molecule has 1 aromatic carbocycles. The lowest BCUT2D eigenvalue weighted by Gasteiger charge is -2.20. The molecule has 7 heteroatoms. The highest BCUT2D eigenvalue weighted by atomic mass is 16.5. The first-order chi connectivity index (χ1) is 12.2. The van der Waals surface area contributed by atoms with Crippen LogP contribution >= 0.6 is 0 Å². The molecule has 2 aromatic heterocycles. The van der Waals surface area contributed by atoms with E-state index in [1.54, 1.807) is 13.3 Å². The van der Waals surface area contributed by atoms with Crippen molar-refractivity contribution in [3.05, 3.63) is 54.1 Å². The highest BCUT2D eigenvalue weighted by molar-refractivity contribution is 5.56. The van der Waals surface area contributed by atoms with Crippen LogP contribution in [0.15, 0.2) is 41.2 Å². The molecule has 1 fully saturated rings. The van der Waals surface area contributed by atoms with Crippen LogP contribution in [-0.2, 0) is 11.3 Å². The van der Waals surface area contributed by atoms with Crippen LogP contribution in [0.4, 0.5) is 0 Å². The molecule has 0 radical (unpaired) electrons. The number of hydrogen-bond acceptors (Lipinski definition) is 6. The van der Waals surface area contributed by atoms with Gasteiger partial charge in [0.15, 0.2) is 5.76 Å². The number of methoxy groups -OCH3 is 1. The first kappa shape index (κ1) is 16.0. The normalized spacial score (nSPS) is 21.0. The fourth-order valence-corrected chi connectivity index (χ4v) is 3.28. The summed E-state index contributed by atoms with van der Waals surface area (Å²) in [5.74, 6) is 2.33. The van der Waals surface area contributed by atoms with Gasteiger partial charge in [0, 0.05) is 19.2 Å². The van der Waals surface area contributed by atoms with E-state index in [4.69, 9.17) is 9.15 Å². The summed E-state index contributed by atoms with van der Waals surface area (Å²) in [6, 6.07) is 8.37. The van der Waals surface area contributed by atoms with Gasteiger partial charge >= 0.3 is 0 Å². The average Bonchev–Trinajstić information content (AvgIpc) is 3.36. The number of aromatic amines is 1. The van der Waals surface area contributed by atoms with Crippen LogP contribution in [0.1, 0.15) is 29.7 Å². The second-order valence-corrected chi connectivity index (χ2v) is 6.39. The molecule has 1 saturated heterocycles. The van der Waals surface area contributed by atoms with Crippen LogP contribution < -0.4 is 0 Å². The molecule has 130 valence electrons. The van der Waals surface area contributed by atoms with E-state index < -0.39 is 0 Å². The zero-order chi connectivity index (χ0) is 17.2. The molecule has 2 atom stereocenters. The quantitative estimate of drug-likeness (QED) is 0.770. The summed E-state index contributed by atoms with van der Waals surface area (Å²) in [5, 5.41) is 6.93. The Labute approximate surface area is 146 Å². The van der Waals surface area contributed by atoms with Gasteiger partial charge < -0.3 is 9.15 Å². The third kappa shape index (κ3) is 3.33. The van der Waals surface area contributed by atoms with Crippen molar-refractivity contribution in [2.24, 2.45) is 0 Å². The molecule has 3 heterocycles. The van der Waals surface area contributed by atoms with E-state index in [0.717, 1.165) is 30.1 Å². The standard InChI is InChI=1S/C18H21N5O2/c1-12-3-5-13(6-4-12)16-8-19-17(25-16)10-23-9-14(24-2)7-15(23)18-20-11-21-22-18/h3-6,8,11,14-15H,7,9-10H2,1-2H3,(H,20,21,22)/t14-,15+/m1/s1. The zero-order valence-corrected chi connectivity index (χ0v) is 14.3. The molecule has 4 rings (SSSR count). The minimum atomic E-state index is 0.127. The summed E-state index contributed by atoms with van der Waals surface area (Å²) in [7, 11) is 1.74. The van der Waals surface area contributed by atoms with E-state index in [-0.39, 0.29) is 12.1 Å². The number of aryl methyl sites for hydroxylation is 1. The number of nitrogens with one attached hydrogen (secondary N) is 1. The lowest BCUT2D eigenvalue weighted by molar-refractivity contribution is 0.106. The van der Waals surface area contributed by atoms with Gasteiger partial charge in [-0.2, -0.15) is 5.10 Å². The van der Waals surface area contributed by atoms with Gasteiger partial charge in [-0.3, -0.25) is 10.00 Å². The average molecular weight is 339 g/mol. The molecule has 0 aliphatic carbocycles. The highest BCUT2D eigenvalue weighted by Gasteiger charge is 2.35. The van der Waals surface area contributed by atoms with E-state index in [0.29, 0.717) is 12.4 Å². The Kier molecular flexibility index (Phi) is 4.33. The molecule has 3 aromatic rings. The molecule has 1 aliphatic rings. The van der Waals surface area contributed by atoms with Gasteiger partial charge in [-0.15, -0.1) is 0 Å². The molecule has 1 aliphatic heterocycles. The summed E-state index contributed by atoms with van der Waals surface area (Å²) in [4.78, 5) is 11.0.